The third kappa shape index (κ3) is 6.33. The van der Waals surface area contributed by atoms with E-state index in [4.69, 9.17) is 9.73 Å². The van der Waals surface area contributed by atoms with Crippen LogP contribution >= 0.6 is 0 Å². The van der Waals surface area contributed by atoms with Crippen molar-refractivity contribution in [3.63, 3.8) is 0 Å². The van der Waals surface area contributed by atoms with Crippen molar-refractivity contribution in [3.8, 4) is 5.88 Å². The second-order valence-corrected chi connectivity index (χ2v) is 7.96. The lowest BCUT2D eigenvalue weighted by molar-refractivity contribution is 0.290. The van der Waals surface area contributed by atoms with Gasteiger partial charge in [-0.2, -0.15) is 5.10 Å². The van der Waals surface area contributed by atoms with Crippen molar-refractivity contribution in [2.75, 3.05) is 6.54 Å². The fourth-order valence-corrected chi connectivity index (χ4v) is 3.59. The molecule has 7 heteroatoms. The predicted molar refractivity (Wildman–Crippen MR) is 129 cm³/mol. The van der Waals surface area contributed by atoms with E-state index in [1.54, 1.807) is 6.20 Å². The van der Waals surface area contributed by atoms with Gasteiger partial charge in [0.25, 0.3) is 0 Å². The number of aromatic nitrogens is 3. The van der Waals surface area contributed by atoms with Crippen molar-refractivity contribution < 1.29 is 4.74 Å². The maximum Gasteiger partial charge on any atom is 0.218 e. The smallest absolute Gasteiger partial charge is 0.218 e. The number of pyridine rings is 1. The van der Waals surface area contributed by atoms with Crippen LogP contribution in [0, 0.1) is 13.8 Å². The molecule has 0 aliphatic rings. The zero-order valence-corrected chi connectivity index (χ0v) is 19.7. The summed E-state index contributed by atoms with van der Waals surface area (Å²) in [6.07, 6.45) is 2.63. The van der Waals surface area contributed by atoms with E-state index >= 15 is 0 Å². The first-order valence-electron chi connectivity index (χ1n) is 11.1. The summed E-state index contributed by atoms with van der Waals surface area (Å²) in [5.74, 6) is 1.39. The second kappa shape index (κ2) is 11.3. The van der Waals surface area contributed by atoms with Crippen LogP contribution in [0.4, 0.5) is 0 Å². The van der Waals surface area contributed by atoms with Gasteiger partial charge in [-0.3, -0.25) is 4.68 Å². The minimum absolute atomic E-state index is 0.206. The number of guanidine groups is 1. The van der Waals surface area contributed by atoms with Gasteiger partial charge in [0.2, 0.25) is 5.88 Å². The molecule has 0 saturated carbocycles. The molecular formula is C25H34N6O. The maximum atomic E-state index is 5.97. The van der Waals surface area contributed by atoms with Crippen LogP contribution in [0.15, 0.2) is 53.7 Å². The molecule has 0 saturated heterocycles. The van der Waals surface area contributed by atoms with Crippen molar-refractivity contribution in [2.24, 2.45) is 12.0 Å². The molecule has 7 nitrogen and oxygen atoms in total. The Morgan fingerprint density at radius 3 is 2.62 bits per heavy atom. The van der Waals surface area contributed by atoms with E-state index in [0.717, 1.165) is 35.7 Å². The fourth-order valence-electron chi connectivity index (χ4n) is 3.59. The Kier molecular flexibility index (Phi) is 8.25. The topological polar surface area (TPSA) is 76.4 Å². The third-order valence-corrected chi connectivity index (χ3v) is 5.37. The minimum Gasteiger partial charge on any atom is -0.473 e. The van der Waals surface area contributed by atoms with E-state index in [1.165, 1.54) is 11.3 Å². The summed E-state index contributed by atoms with van der Waals surface area (Å²) in [5.41, 5.74) is 5.63. The van der Waals surface area contributed by atoms with Gasteiger partial charge in [-0.25, -0.2) is 9.98 Å². The highest BCUT2D eigenvalue weighted by atomic mass is 16.5. The van der Waals surface area contributed by atoms with Gasteiger partial charge in [0.1, 0.15) is 6.61 Å². The molecule has 2 aromatic heterocycles. The molecule has 0 radical (unpaired) electrons. The van der Waals surface area contributed by atoms with E-state index in [1.807, 2.05) is 54.2 Å². The monoisotopic (exact) mass is 434 g/mol. The number of benzene rings is 1. The number of rotatable bonds is 9. The molecule has 1 unspecified atom stereocenters. The van der Waals surface area contributed by atoms with Gasteiger partial charge in [0.15, 0.2) is 5.96 Å². The fraction of sp³-hybridized carbons (Fsp3) is 0.400. The van der Waals surface area contributed by atoms with E-state index < -0.39 is 0 Å². The van der Waals surface area contributed by atoms with Gasteiger partial charge < -0.3 is 15.4 Å². The summed E-state index contributed by atoms with van der Waals surface area (Å²) in [7, 11) is 1.99. The Morgan fingerprint density at radius 1 is 1.16 bits per heavy atom. The second-order valence-electron chi connectivity index (χ2n) is 7.96. The first-order chi connectivity index (χ1) is 15.5. The summed E-state index contributed by atoms with van der Waals surface area (Å²) in [6, 6.07) is 14.2. The molecule has 1 aromatic carbocycles. The third-order valence-electron chi connectivity index (χ3n) is 5.37. The van der Waals surface area contributed by atoms with Crippen LogP contribution in [-0.2, 0) is 26.6 Å². The number of hydrogen-bond acceptors (Lipinski definition) is 4. The van der Waals surface area contributed by atoms with E-state index in [-0.39, 0.29) is 6.04 Å². The maximum absolute atomic E-state index is 5.97. The van der Waals surface area contributed by atoms with Gasteiger partial charge >= 0.3 is 0 Å². The zero-order valence-electron chi connectivity index (χ0n) is 19.7. The Bertz CT molecular complexity index is 1030. The largest absolute Gasteiger partial charge is 0.473 e. The molecule has 0 aliphatic carbocycles. The molecule has 3 rings (SSSR count). The summed E-state index contributed by atoms with van der Waals surface area (Å²) >= 11 is 0. The van der Waals surface area contributed by atoms with Gasteiger partial charge in [-0.1, -0.05) is 36.4 Å². The standard InChI is InChI=1S/C25H34N6O/c1-6-26-25(29-18(2)15-23-19(3)30-31(5)20(23)4)28-16-22-13-10-14-27-24(22)32-17-21-11-8-7-9-12-21/h7-14,18H,6,15-17H2,1-5H3,(H2,26,28,29). The van der Waals surface area contributed by atoms with E-state index in [0.29, 0.717) is 19.0 Å². The van der Waals surface area contributed by atoms with Crippen molar-refractivity contribution >= 4 is 5.96 Å². The zero-order chi connectivity index (χ0) is 22.9. The van der Waals surface area contributed by atoms with Crippen LogP contribution in [0.2, 0.25) is 0 Å². The normalized spacial score (nSPS) is 12.5. The van der Waals surface area contributed by atoms with Crippen molar-refractivity contribution in [1.29, 1.82) is 0 Å². The van der Waals surface area contributed by atoms with Crippen molar-refractivity contribution in [2.45, 2.75) is 53.3 Å². The van der Waals surface area contributed by atoms with Crippen LogP contribution in [0.25, 0.3) is 0 Å². The van der Waals surface area contributed by atoms with Gasteiger partial charge in [-0.15, -0.1) is 0 Å². The van der Waals surface area contributed by atoms with Crippen molar-refractivity contribution in [1.82, 2.24) is 25.4 Å². The summed E-state index contributed by atoms with van der Waals surface area (Å²) in [6.45, 7) is 10.1. The first kappa shape index (κ1) is 23.3. The molecule has 1 atom stereocenters. The minimum atomic E-state index is 0.206. The highest BCUT2D eigenvalue weighted by molar-refractivity contribution is 5.80. The molecule has 0 fully saturated rings. The molecule has 2 N–H and O–H groups in total. The molecule has 2 heterocycles. The lowest BCUT2D eigenvalue weighted by Crippen LogP contribution is -2.43. The highest BCUT2D eigenvalue weighted by Gasteiger charge is 2.14. The molecule has 0 amide bonds. The highest BCUT2D eigenvalue weighted by Crippen LogP contribution is 2.17. The molecule has 32 heavy (non-hydrogen) atoms. The molecule has 0 bridgehead atoms. The summed E-state index contributed by atoms with van der Waals surface area (Å²) in [4.78, 5) is 9.20. The number of nitrogens with one attached hydrogen (secondary N) is 2. The average molecular weight is 435 g/mol. The summed E-state index contributed by atoms with van der Waals surface area (Å²) in [5, 5.41) is 11.4. The number of aliphatic imine (C=N–C) groups is 1. The molecule has 0 spiro atoms. The van der Waals surface area contributed by atoms with E-state index in [9.17, 15) is 0 Å². The molecular weight excluding hydrogens is 400 g/mol. The van der Waals surface area contributed by atoms with E-state index in [2.05, 4.69) is 48.4 Å². The Labute approximate surface area is 190 Å². The number of nitrogens with zero attached hydrogens (tertiary/aromatic N) is 4. The Balaban J connectivity index is 1.65. The average Bonchev–Trinajstić information content (AvgIpc) is 3.03. The number of aryl methyl sites for hydroxylation is 2. The Hall–Kier alpha value is -3.35. The lowest BCUT2D eigenvalue weighted by Gasteiger charge is -2.18. The summed E-state index contributed by atoms with van der Waals surface area (Å²) < 4.78 is 7.91. The quantitative estimate of drug-likeness (QED) is 0.397. The Morgan fingerprint density at radius 2 is 1.94 bits per heavy atom. The lowest BCUT2D eigenvalue weighted by atomic mass is 10.1. The van der Waals surface area contributed by atoms with Crippen LogP contribution in [0.5, 0.6) is 5.88 Å². The van der Waals surface area contributed by atoms with Crippen LogP contribution < -0.4 is 15.4 Å². The SMILES string of the molecule is CCNC(=NCc1cccnc1OCc1ccccc1)NC(C)Cc1c(C)nn(C)c1C. The predicted octanol–water partition coefficient (Wildman–Crippen LogP) is 3.70. The van der Waals surface area contributed by atoms with Crippen LogP contribution in [0.3, 0.4) is 0 Å². The van der Waals surface area contributed by atoms with Crippen LogP contribution in [0.1, 0.15) is 41.9 Å². The molecule has 0 aliphatic heterocycles. The molecule has 170 valence electrons. The van der Waals surface area contributed by atoms with Crippen LogP contribution in [-0.4, -0.2) is 33.3 Å². The number of ether oxygens (including phenoxy) is 1. The van der Waals surface area contributed by atoms with Gasteiger partial charge in [-0.05, 0) is 51.3 Å². The van der Waals surface area contributed by atoms with Gasteiger partial charge in [0, 0.05) is 37.1 Å². The van der Waals surface area contributed by atoms with Gasteiger partial charge in [0.05, 0.1) is 12.2 Å². The first-order valence-corrected chi connectivity index (χ1v) is 11.1. The van der Waals surface area contributed by atoms with Crippen molar-refractivity contribution in [3.05, 3.63) is 76.7 Å². The molecule has 3 aromatic rings. The number of hydrogen-bond donors (Lipinski definition) is 2.